The summed E-state index contributed by atoms with van der Waals surface area (Å²) < 4.78 is 23.8. The number of nitrogens with zero attached hydrogens (tertiary/aromatic N) is 3. The van der Waals surface area contributed by atoms with Gasteiger partial charge in [0.05, 0.1) is 17.0 Å². The first kappa shape index (κ1) is 26.5. The van der Waals surface area contributed by atoms with Crippen LogP contribution in [0.2, 0.25) is 5.02 Å². The fourth-order valence-electron chi connectivity index (χ4n) is 3.02. The Morgan fingerprint density at radius 1 is 1.21 bits per heavy atom. The zero-order valence-electron chi connectivity index (χ0n) is 17.8. The Bertz CT molecular complexity index is 773. The fourth-order valence-corrected chi connectivity index (χ4v) is 4.17. The topological polar surface area (TPSA) is 65.0 Å². The van der Waals surface area contributed by atoms with Crippen LogP contribution in [0.5, 0.6) is 0 Å². The number of aliphatic imine (C=N–C) groups is 1. The zero-order valence-corrected chi connectivity index (χ0v) is 21.7. The summed E-state index contributed by atoms with van der Waals surface area (Å²) in [6.07, 6.45) is 0. The average Bonchev–Trinajstić information content (AvgIpc) is 2.61. The normalized spacial score (nSPS) is 16.4. The van der Waals surface area contributed by atoms with Gasteiger partial charge in [-0.15, -0.1) is 24.0 Å². The van der Waals surface area contributed by atoms with Gasteiger partial charge in [-0.2, -0.15) is 0 Å². The highest BCUT2D eigenvalue weighted by atomic mass is 127. The van der Waals surface area contributed by atoms with E-state index in [1.54, 1.807) is 20.8 Å². The maximum absolute atomic E-state index is 12.3. The first-order chi connectivity index (χ1) is 13.1. The Hall–Kier alpha value is -0.580. The van der Waals surface area contributed by atoms with Crippen molar-refractivity contribution in [1.29, 1.82) is 0 Å². The van der Waals surface area contributed by atoms with Gasteiger partial charge in [0.1, 0.15) is 0 Å². The molecule has 1 aliphatic rings. The van der Waals surface area contributed by atoms with E-state index in [2.05, 4.69) is 26.2 Å². The number of piperazine rings is 1. The van der Waals surface area contributed by atoms with Crippen LogP contribution in [0.25, 0.3) is 0 Å². The summed E-state index contributed by atoms with van der Waals surface area (Å²) in [5, 5.41) is 4.06. The van der Waals surface area contributed by atoms with Crippen LogP contribution in [-0.4, -0.2) is 73.9 Å². The van der Waals surface area contributed by atoms with E-state index < -0.39 is 14.6 Å². The predicted molar refractivity (Wildman–Crippen MR) is 133 cm³/mol. The summed E-state index contributed by atoms with van der Waals surface area (Å²) in [5.74, 6) is 0.870. The number of hydrogen-bond acceptors (Lipinski definition) is 4. The highest BCUT2D eigenvalue weighted by Crippen LogP contribution is 2.16. The van der Waals surface area contributed by atoms with E-state index in [9.17, 15) is 8.42 Å². The summed E-state index contributed by atoms with van der Waals surface area (Å²) in [5.41, 5.74) is 1.22. The molecule has 0 amide bonds. The molecule has 0 aliphatic carbocycles. The third kappa shape index (κ3) is 8.22. The van der Waals surface area contributed by atoms with Crippen molar-refractivity contribution in [3.63, 3.8) is 0 Å². The molecule has 9 heteroatoms. The van der Waals surface area contributed by atoms with Crippen LogP contribution >= 0.6 is 35.6 Å². The molecule has 1 heterocycles. The minimum absolute atomic E-state index is 0. The minimum Gasteiger partial charge on any atom is -0.357 e. The van der Waals surface area contributed by atoms with Gasteiger partial charge in [-0.05, 0) is 45.4 Å². The molecule has 0 atom stereocenters. The first-order valence-electron chi connectivity index (χ1n) is 9.85. The number of benzene rings is 1. The van der Waals surface area contributed by atoms with E-state index in [0.717, 1.165) is 50.3 Å². The second kappa shape index (κ2) is 11.7. The van der Waals surface area contributed by atoms with Gasteiger partial charge in [-0.25, -0.2) is 8.42 Å². The molecule has 1 saturated heterocycles. The van der Waals surface area contributed by atoms with Crippen molar-refractivity contribution in [2.24, 2.45) is 4.99 Å². The standard InChI is InChI=1S/C20H33ClN4O2S.HI/c1-5-22-19(23-9-14-28(26,27)20(2,3)4)25-12-10-24(11-13-25)16-17-7-6-8-18(21)15-17;/h6-8,15H,5,9-14,16H2,1-4H3,(H,22,23);1H. The molecule has 1 N–H and O–H groups in total. The van der Waals surface area contributed by atoms with E-state index >= 15 is 0 Å². The van der Waals surface area contributed by atoms with E-state index in [1.807, 2.05) is 25.1 Å². The van der Waals surface area contributed by atoms with Gasteiger partial charge in [0.15, 0.2) is 15.8 Å². The van der Waals surface area contributed by atoms with Crippen LogP contribution in [0.4, 0.5) is 0 Å². The molecule has 0 aromatic heterocycles. The molecule has 0 radical (unpaired) electrons. The van der Waals surface area contributed by atoms with Crippen LogP contribution in [0.3, 0.4) is 0 Å². The lowest BCUT2D eigenvalue weighted by molar-refractivity contribution is 0.172. The lowest BCUT2D eigenvalue weighted by Crippen LogP contribution is -2.52. The number of halogens is 2. The Kier molecular flexibility index (Phi) is 10.7. The van der Waals surface area contributed by atoms with Crippen LogP contribution in [0, 0.1) is 0 Å². The number of sulfone groups is 1. The van der Waals surface area contributed by atoms with Crippen molar-refractivity contribution in [2.45, 2.75) is 39.0 Å². The van der Waals surface area contributed by atoms with Gasteiger partial charge in [0, 0.05) is 44.3 Å². The van der Waals surface area contributed by atoms with Gasteiger partial charge < -0.3 is 10.2 Å². The molecule has 0 spiro atoms. The van der Waals surface area contributed by atoms with Gasteiger partial charge in [-0.1, -0.05) is 23.7 Å². The molecule has 0 unspecified atom stereocenters. The van der Waals surface area contributed by atoms with Gasteiger partial charge in [0.2, 0.25) is 0 Å². The molecule has 1 aromatic carbocycles. The lowest BCUT2D eigenvalue weighted by Gasteiger charge is -2.36. The number of rotatable bonds is 6. The molecule has 6 nitrogen and oxygen atoms in total. The van der Waals surface area contributed by atoms with E-state index in [4.69, 9.17) is 11.6 Å². The van der Waals surface area contributed by atoms with Crippen LogP contribution < -0.4 is 5.32 Å². The van der Waals surface area contributed by atoms with E-state index in [-0.39, 0.29) is 36.3 Å². The van der Waals surface area contributed by atoms with Crippen molar-refractivity contribution in [1.82, 2.24) is 15.1 Å². The van der Waals surface area contributed by atoms with Crippen molar-refractivity contribution in [3.8, 4) is 0 Å². The van der Waals surface area contributed by atoms with Crippen LogP contribution in [0.15, 0.2) is 29.3 Å². The first-order valence-corrected chi connectivity index (χ1v) is 11.9. The molecular formula is C20H34ClIN4O2S. The number of hydrogen-bond donors (Lipinski definition) is 1. The van der Waals surface area contributed by atoms with E-state index in [1.165, 1.54) is 5.56 Å². The average molecular weight is 557 g/mol. The summed E-state index contributed by atoms with van der Waals surface area (Å²) in [6.45, 7) is 12.7. The molecule has 1 aromatic rings. The number of nitrogens with one attached hydrogen (secondary N) is 1. The maximum Gasteiger partial charge on any atom is 0.194 e. The Labute approximate surface area is 198 Å². The maximum atomic E-state index is 12.3. The third-order valence-electron chi connectivity index (χ3n) is 4.86. The van der Waals surface area contributed by atoms with Crippen molar-refractivity contribution in [2.75, 3.05) is 45.0 Å². The fraction of sp³-hybridized carbons (Fsp3) is 0.650. The smallest absolute Gasteiger partial charge is 0.194 e. The molecule has 1 fully saturated rings. The largest absolute Gasteiger partial charge is 0.357 e. The second-order valence-corrected chi connectivity index (χ2v) is 11.4. The third-order valence-corrected chi connectivity index (χ3v) is 7.68. The molecule has 0 bridgehead atoms. The second-order valence-electron chi connectivity index (χ2n) is 8.06. The quantitative estimate of drug-likeness (QED) is 0.331. The van der Waals surface area contributed by atoms with Crippen molar-refractivity contribution in [3.05, 3.63) is 34.9 Å². The Morgan fingerprint density at radius 2 is 1.86 bits per heavy atom. The molecule has 29 heavy (non-hydrogen) atoms. The Balaban J connectivity index is 0.00000420. The van der Waals surface area contributed by atoms with Crippen molar-refractivity contribution >= 4 is 51.4 Å². The highest BCUT2D eigenvalue weighted by Gasteiger charge is 2.28. The predicted octanol–water partition coefficient (Wildman–Crippen LogP) is 3.25. The van der Waals surface area contributed by atoms with Gasteiger partial charge >= 0.3 is 0 Å². The molecular weight excluding hydrogens is 523 g/mol. The number of guanidine groups is 1. The monoisotopic (exact) mass is 556 g/mol. The summed E-state index contributed by atoms with van der Waals surface area (Å²) in [7, 11) is -3.16. The summed E-state index contributed by atoms with van der Waals surface area (Å²) >= 11 is 6.08. The Morgan fingerprint density at radius 3 is 2.41 bits per heavy atom. The van der Waals surface area contributed by atoms with Crippen LogP contribution in [0.1, 0.15) is 33.3 Å². The van der Waals surface area contributed by atoms with Crippen molar-refractivity contribution < 1.29 is 8.42 Å². The lowest BCUT2D eigenvalue weighted by atomic mass is 10.2. The van der Waals surface area contributed by atoms with Gasteiger partial charge in [0.25, 0.3) is 0 Å². The van der Waals surface area contributed by atoms with Gasteiger partial charge in [-0.3, -0.25) is 9.89 Å². The minimum atomic E-state index is -3.16. The SMILES string of the molecule is CCNC(=NCCS(=O)(=O)C(C)(C)C)N1CCN(Cc2cccc(Cl)c2)CC1.I. The zero-order chi connectivity index (χ0) is 20.8. The molecule has 2 rings (SSSR count). The molecule has 0 saturated carbocycles. The molecule has 166 valence electrons. The molecule has 1 aliphatic heterocycles. The highest BCUT2D eigenvalue weighted by molar-refractivity contribution is 14.0. The summed E-state index contributed by atoms with van der Waals surface area (Å²) in [4.78, 5) is 9.18. The van der Waals surface area contributed by atoms with Crippen LogP contribution in [-0.2, 0) is 16.4 Å². The summed E-state index contributed by atoms with van der Waals surface area (Å²) in [6, 6.07) is 7.98. The van der Waals surface area contributed by atoms with E-state index in [0.29, 0.717) is 0 Å².